The first-order valence-electron chi connectivity index (χ1n) is 5.65. The van der Waals surface area contributed by atoms with Crippen LogP contribution in [0.5, 0.6) is 0 Å². The minimum absolute atomic E-state index is 0. The fourth-order valence-corrected chi connectivity index (χ4v) is 1.24. The van der Waals surface area contributed by atoms with Crippen molar-refractivity contribution in [1.82, 2.24) is 16.5 Å². The summed E-state index contributed by atoms with van der Waals surface area (Å²) in [5.41, 5.74) is 0. The molecule has 0 bridgehead atoms. The molecule has 0 aromatic carbocycles. The lowest BCUT2D eigenvalue weighted by molar-refractivity contribution is -0.367. The molecule has 5 nitrogen and oxygen atoms in total. The molecule has 15 heavy (non-hydrogen) atoms. The fourth-order valence-electron chi connectivity index (χ4n) is 1.24. The Morgan fingerprint density at radius 1 is 0.733 bits per heavy atom. The zero-order valence-corrected chi connectivity index (χ0v) is 10.2. The summed E-state index contributed by atoms with van der Waals surface area (Å²) in [6.07, 6.45) is 6.24. The molecule has 0 aromatic rings. The van der Waals surface area contributed by atoms with Crippen molar-refractivity contribution in [1.29, 1.82) is 0 Å². The monoisotopic (exact) mass is 221 g/mol. The number of nitrogens with zero attached hydrogens (tertiary/aromatic N) is 2. The van der Waals surface area contributed by atoms with Crippen LogP contribution < -0.4 is 6.15 Å². The van der Waals surface area contributed by atoms with Gasteiger partial charge in [0.05, 0.1) is 0 Å². The van der Waals surface area contributed by atoms with Gasteiger partial charge in [0.1, 0.15) is 0 Å². The highest BCUT2D eigenvalue weighted by Crippen LogP contribution is 2.01. The fraction of sp³-hybridized carbons (Fsp3) is 1.00. The first kappa shape index (κ1) is 17.2. The lowest BCUT2D eigenvalue weighted by Gasteiger charge is -2.23. The van der Waals surface area contributed by atoms with Gasteiger partial charge < -0.3 is 6.15 Å². The predicted molar refractivity (Wildman–Crippen MR) is 61.1 cm³/mol. The number of rotatable bonds is 9. The zero-order valence-electron chi connectivity index (χ0n) is 10.2. The van der Waals surface area contributed by atoms with Crippen LogP contribution in [0, 0.1) is 0 Å². The Balaban J connectivity index is 0. The van der Waals surface area contributed by atoms with E-state index >= 15 is 0 Å². The van der Waals surface area contributed by atoms with E-state index in [2.05, 4.69) is 13.8 Å². The van der Waals surface area contributed by atoms with E-state index in [1.807, 2.05) is 0 Å². The maximum Gasteiger partial charge on any atom is 0.0424 e. The van der Waals surface area contributed by atoms with Gasteiger partial charge in [-0.2, -0.15) is 0 Å². The Morgan fingerprint density at radius 2 is 1.07 bits per heavy atom. The summed E-state index contributed by atoms with van der Waals surface area (Å²) in [5, 5.41) is 20.5. The summed E-state index contributed by atoms with van der Waals surface area (Å²) in [6.45, 7) is 5.24. The van der Waals surface area contributed by atoms with Crippen LogP contribution in [-0.2, 0) is 0 Å². The third kappa shape index (κ3) is 10.1. The summed E-state index contributed by atoms with van der Waals surface area (Å²) in [5.74, 6) is 0. The van der Waals surface area contributed by atoms with Crippen LogP contribution in [0.15, 0.2) is 0 Å². The second-order valence-corrected chi connectivity index (χ2v) is 3.61. The van der Waals surface area contributed by atoms with Crippen molar-refractivity contribution in [3.8, 4) is 0 Å². The summed E-state index contributed by atoms with van der Waals surface area (Å²) in [6, 6.07) is 0. The zero-order chi connectivity index (χ0) is 10.8. The molecule has 0 saturated carbocycles. The highest BCUT2D eigenvalue weighted by molar-refractivity contribution is 4.44. The van der Waals surface area contributed by atoms with Crippen molar-refractivity contribution >= 4 is 0 Å². The normalized spacial score (nSPS) is 10.8. The minimum Gasteiger partial charge on any atom is -0.344 e. The number of hydrogen-bond acceptors (Lipinski definition) is 5. The van der Waals surface area contributed by atoms with Crippen LogP contribution >= 0.6 is 0 Å². The predicted octanol–water partition coefficient (Wildman–Crippen LogP) is 2.83. The van der Waals surface area contributed by atoms with Gasteiger partial charge in [0.2, 0.25) is 0 Å². The van der Waals surface area contributed by atoms with E-state index < -0.39 is 0 Å². The maximum atomic E-state index is 9.35. The smallest absolute Gasteiger partial charge is 0.0424 e. The molecule has 0 saturated heterocycles. The highest BCUT2D eigenvalue weighted by Gasteiger charge is 2.08. The van der Waals surface area contributed by atoms with Crippen molar-refractivity contribution in [3.05, 3.63) is 0 Å². The lowest BCUT2D eigenvalue weighted by Crippen LogP contribution is -2.38. The van der Waals surface area contributed by atoms with Gasteiger partial charge in [-0.05, 0) is 12.8 Å². The molecule has 0 atom stereocenters. The summed E-state index contributed by atoms with van der Waals surface area (Å²) in [4.78, 5) is 0. The van der Waals surface area contributed by atoms with Crippen LogP contribution in [-0.4, -0.2) is 33.8 Å². The van der Waals surface area contributed by atoms with Gasteiger partial charge in [-0.1, -0.05) is 39.5 Å². The Hall–Kier alpha value is -0.200. The second kappa shape index (κ2) is 11.9. The Kier molecular flexibility index (Phi) is 13.6. The largest absolute Gasteiger partial charge is 0.344 e. The molecule has 0 unspecified atom stereocenters. The van der Waals surface area contributed by atoms with Gasteiger partial charge >= 0.3 is 0 Å². The summed E-state index contributed by atoms with van der Waals surface area (Å²) >= 11 is 0. The van der Waals surface area contributed by atoms with E-state index in [1.165, 1.54) is 0 Å². The van der Waals surface area contributed by atoms with Crippen molar-refractivity contribution in [3.63, 3.8) is 0 Å². The third-order valence-electron chi connectivity index (χ3n) is 2.19. The Morgan fingerprint density at radius 3 is 1.33 bits per heavy atom. The molecule has 94 valence electrons. The van der Waals surface area contributed by atoms with Crippen molar-refractivity contribution < 1.29 is 10.4 Å². The molecule has 0 aliphatic rings. The molecule has 0 fully saturated rings. The third-order valence-corrected chi connectivity index (χ3v) is 2.19. The minimum atomic E-state index is 0. The second-order valence-electron chi connectivity index (χ2n) is 3.61. The molecule has 5 N–H and O–H groups in total. The molecule has 0 aliphatic carbocycles. The molecular weight excluding hydrogens is 194 g/mol. The molecule has 0 radical (unpaired) electrons. The molecule has 5 heteroatoms. The van der Waals surface area contributed by atoms with Crippen LogP contribution in [0.3, 0.4) is 0 Å². The van der Waals surface area contributed by atoms with Crippen molar-refractivity contribution in [2.45, 2.75) is 52.4 Å². The Bertz CT molecular complexity index is 111. The maximum absolute atomic E-state index is 9.35. The van der Waals surface area contributed by atoms with Crippen molar-refractivity contribution in [2.75, 3.05) is 13.1 Å². The van der Waals surface area contributed by atoms with Gasteiger partial charge in [-0.25, -0.2) is 0 Å². The van der Waals surface area contributed by atoms with Crippen molar-refractivity contribution in [2.24, 2.45) is 0 Å². The number of hydrazine groups is 1. The van der Waals surface area contributed by atoms with E-state index in [9.17, 15) is 10.4 Å². The van der Waals surface area contributed by atoms with Crippen LogP contribution in [0.25, 0.3) is 0 Å². The summed E-state index contributed by atoms with van der Waals surface area (Å²) in [7, 11) is 0. The highest BCUT2D eigenvalue weighted by atomic mass is 16.7. The first-order chi connectivity index (χ1) is 6.72. The standard InChI is InChI=1S/C10H24N2O2.H3N/c1-3-5-7-9-11(13)12(14)10-8-6-4-2;/h13-14H,3-10H2,1-2H3;1H3. The summed E-state index contributed by atoms with van der Waals surface area (Å²) < 4.78 is 0. The van der Waals surface area contributed by atoms with Gasteiger partial charge in [-0.3, -0.25) is 10.4 Å². The van der Waals surface area contributed by atoms with E-state index in [-0.39, 0.29) is 6.15 Å². The van der Waals surface area contributed by atoms with Gasteiger partial charge in [0.15, 0.2) is 0 Å². The van der Waals surface area contributed by atoms with Gasteiger partial charge in [-0.15, -0.1) is 10.3 Å². The molecule has 0 rings (SSSR count). The molecule has 0 spiro atoms. The van der Waals surface area contributed by atoms with E-state index in [4.69, 9.17) is 0 Å². The SMILES string of the molecule is CCCCCN(O)N(O)CCCCC.N. The Labute approximate surface area is 93.1 Å². The van der Waals surface area contributed by atoms with E-state index in [1.54, 1.807) is 0 Å². The van der Waals surface area contributed by atoms with E-state index in [0.29, 0.717) is 13.1 Å². The molecular formula is C10H27N3O2. The number of unbranched alkanes of at least 4 members (excludes halogenated alkanes) is 4. The quantitative estimate of drug-likeness (QED) is 0.412. The van der Waals surface area contributed by atoms with Crippen LogP contribution in [0.1, 0.15) is 52.4 Å². The molecule has 0 aliphatic heterocycles. The lowest BCUT2D eigenvalue weighted by atomic mass is 10.2. The van der Waals surface area contributed by atoms with Crippen LogP contribution in [0.2, 0.25) is 0 Å². The molecule has 0 amide bonds. The van der Waals surface area contributed by atoms with Crippen LogP contribution in [0.4, 0.5) is 0 Å². The molecule has 0 heterocycles. The topological polar surface area (TPSA) is 81.9 Å². The average molecular weight is 221 g/mol. The van der Waals surface area contributed by atoms with Gasteiger partial charge in [0.25, 0.3) is 0 Å². The average Bonchev–Trinajstić information content (AvgIpc) is 2.18. The van der Waals surface area contributed by atoms with Gasteiger partial charge in [0, 0.05) is 13.1 Å². The van der Waals surface area contributed by atoms with E-state index in [0.717, 1.165) is 48.9 Å². The number of hydroxylamine groups is 2. The first-order valence-corrected chi connectivity index (χ1v) is 5.65. The molecule has 0 aromatic heterocycles. The number of hydrogen-bond donors (Lipinski definition) is 3.